The summed E-state index contributed by atoms with van der Waals surface area (Å²) in [5.74, 6) is 0.566. The number of methoxy groups -OCH3 is 1. The van der Waals surface area contributed by atoms with Gasteiger partial charge < -0.3 is 25.6 Å². The molecule has 2 spiro atoms. The molecule has 228 valence electrons. The summed E-state index contributed by atoms with van der Waals surface area (Å²) in [7, 11) is 1.50. The van der Waals surface area contributed by atoms with Crippen LogP contribution in [0.2, 0.25) is 0 Å². The van der Waals surface area contributed by atoms with Crippen LogP contribution in [0.15, 0.2) is 0 Å². The molecule has 15 heteroatoms. The molecule has 0 radical (unpaired) electrons. The molecule has 0 bridgehead atoms. The zero-order valence-electron chi connectivity index (χ0n) is 24.1. The van der Waals surface area contributed by atoms with Crippen molar-refractivity contribution in [3.8, 4) is 12.1 Å². The number of thiophene rings is 1. The summed E-state index contributed by atoms with van der Waals surface area (Å²) in [5, 5.41) is 15.3. The third kappa shape index (κ3) is 4.71. The molecule has 8 rings (SSSR count). The second-order valence-electron chi connectivity index (χ2n) is 12.4. The van der Waals surface area contributed by atoms with Crippen molar-refractivity contribution in [1.82, 2.24) is 30.5 Å². The number of anilines is 3. The minimum absolute atomic E-state index is 0.115. The van der Waals surface area contributed by atoms with E-state index in [0.717, 1.165) is 31.4 Å². The van der Waals surface area contributed by atoms with E-state index in [1.54, 1.807) is 0 Å². The van der Waals surface area contributed by atoms with Gasteiger partial charge in [0.1, 0.15) is 22.8 Å². The highest BCUT2D eigenvalue weighted by Crippen LogP contribution is 2.52. The lowest BCUT2D eigenvalue weighted by atomic mass is 9.74. The Kier molecular flexibility index (Phi) is 6.81. The predicted octanol–water partition coefficient (Wildman–Crippen LogP) is 1.47. The maximum atomic E-state index is 12.6. The average Bonchev–Trinajstić information content (AvgIpc) is 3.76. The number of nitrogen functional groups attached to an aromatic ring is 1. The maximum Gasteiger partial charge on any atom is 0.322 e. The second-order valence-corrected chi connectivity index (χ2v) is 13.6. The Morgan fingerprint density at radius 1 is 1.12 bits per heavy atom. The first-order valence-electron chi connectivity index (χ1n) is 14.9. The summed E-state index contributed by atoms with van der Waals surface area (Å²) in [4.78, 5) is 45.2. The number of alkyl halides is 1. The van der Waals surface area contributed by atoms with Crippen LogP contribution in [0.3, 0.4) is 0 Å². The van der Waals surface area contributed by atoms with Crippen molar-refractivity contribution in [1.29, 1.82) is 5.26 Å². The van der Waals surface area contributed by atoms with Crippen LogP contribution in [-0.2, 0) is 16.6 Å². The molecule has 6 aliphatic rings. The van der Waals surface area contributed by atoms with E-state index in [4.69, 9.17) is 15.5 Å². The number of piperidine rings is 1. The van der Waals surface area contributed by atoms with E-state index in [9.17, 15) is 19.2 Å². The number of hydrogen-bond acceptors (Lipinski definition) is 12. The van der Waals surface area contributed by atoms with Gasteiger partial charge in [-0.1, -0.05) is 0 Å². The molecule has 5 aliphatic heterocycles. The molecule has 3 amide bonds. The van der Waals surface area contributed by atoms with E-state index in [2.05, 4.69) is 36.5 Å². The van der Waals surface area contributed by atoms with Crippen LogP contribution in [-0.4, -0.2) is 95.9 Å². The number of nitrogens with two attached hydrogens (primary N) is 1. The van der Waals surface area contributed by atoms with Gasteiger partial charge in [-0.15, -0.1) is 11.3 Å². The van der Waals surface area contributed by atoms with Crippen LogP contribution < -0.4 is 30.9 Å². The van der Waals surface area contributed by atoms with Crippen molar-refractivity contribution in [2.24, 2.45) is 0 Å². The van der Waals surface area contributed by atoms with Gasteiger partial charge in [-0.25, -0.2) is 9.18 Å². The molecule has 0 saturated carbocycles. The standard InChI is InChI=1S/C21H23N9O3S.C7H12FN/c1-33-19-26-16(29-6-2-4-21(10-29)15(31)24-18(32)28-21)25-17(27-19)30-8-20(9-30)5-3-12-13(20)11(7-22)14(23)34-12;8-6-4-7-2-1-3-9(7)5-6/h2-6,8-10,23H2,1H3,(H2,24,28,31,32);6-7H,1-5H2. The quantitative estimate of drug-likeness (QED) is 0.431. The number of amides is 3. The van der Waals surface area contributed by atoms with Gasteiger partial charge in [0.15, 0.2) is 0 Å². The Morgan fingerprint density at radius 3 is 2.60 bits per heavy atom. The molecule has 1 aliphatic carbocycles. The molecule has 3 unspecified atom stereocenters. The van der Waals surface area contributed by atoms with Crippen LogP contribution in [0.1, 0.15) is 54.5 Å². The fourth-order valence-corrected chi connectivity index (χ4v) is 8.88. The molecule has 4 N–H and O–H groups in total. The number of imide groups is 1. The van der Waals surface area contributed by atoms with E-state index in [0.29, 0.717) is 67.5 Å². The fraction of sp³-hybridized carbons (Fsp3) is 0.643. The van der Waals surface area contributed by atoms with Crippen LogP contribution in [0.25, 0.3) is 0 Å². The van der Waals surface area contributed by atoms with Crippen molar-refractivity contribution in [3.05, 3.63) is 16.0 Å². The molecule has 5 fully saturated rings. The molecule has 2 aromatic heterocycles. The van der Waals surface area contributed by atoms with Gasteiger partial charge in [0.05, 0.1) is 19.2 Å². The number of halogens is 1. The molecule has 5 saturated heterocycles. The third-order valence-corrected chi connectivity index (χ3v) is 10.9. The Hall–Kier alpha value is -3.77. The fourth-order valence-electron chi connectivity index (χ4n) is 7.74. The molecule has 0 aromatic carbocycles. The Balaban J connectivity index is 0.000000283. The number of aryl methyl sites for hydroxylation is 1. The maximum absolute atomic E-state index is 12.6. The number of nitriles is 1. The minimum atomic E-state index is -0.983. The lowest BCUT2D eigenvalue weighted by molar-refractivity contribution is -0.124. The first-order valence-corrected chi connectivity index (χ1v) is 15.7. The number of nitrogens with one attached hydrogen (secondary N) is 2. The van der Waals surface area contributed by atoms with Crippen molar-refractivity contribution in [2.45, 2.75) is 68.1 Å². The zero-order chi connectivity index (χ0) is 29.9. The number of hydrogen-bond donors (Lipinski definition) is 3. The van der Waals surface area contributed by atoms with E-state index < -0.39 is 17.7 Å². The van der Waals surface area contributed by atoms with E-state index in [-0.39, 0.29) is 23.9 Å². The lowest BCUT2D eigenvalue weighted by Gasteiger charge is -2.48. The van der Waals surface area contributed by atoms with Crippen LogP contribution in [0.5, 0.6) is 6.01 Å². The molecule has 13 nitrogen and oxygen atoms in total. The SMILES string of the molecule is COc1nc(N2CCCC3(C2)NC(=O)NC3=O)nc(N2CC3(CCc4sc(N)c(C#N)c43)C2)n1.FC1CC2CCCN2C1. The van der Waals surface area contributed by atoms with Crippen LogP contribution >= 0.6 is 11.3 Å². The van der Waals surface area contributed by atoms with Gasteiger partial charge in [0.25, 0.3) is 5.91 Å². The van der Waals surface area contributed by atoms with Crippen molar-refractivity contribution in [3.63, 3.8) is 0 Å². The van der Waals surface area contributed by atoms with Crippen LogP contribution in [0, 0.1) is 11.3 Å². The molecule has 3 atom stereocenters. The van der Waals surface area contributed by atoms with Gasteiger partial charge in [-0.05, 0) is 57.1 Å². The normalized spacial score (nSPS) is 28.6. The topological polar surface area (TPSA) is 166 Å². The van der Waals surface area contributed by atoms with E-state index in [1.165, 1.54) is 36.2 Å². The Labute approximate surface area is 252 Å². The largest absolute Gasteiger partial charge is 0.467 e. The van der Waals surface area contributed by atoms with Gasteiger partial charge in [-0.3, -0.25) is 15.0 Å². The predicted molar refractivity (Wildman–Crippen MR) is 157 cm³/mol. The monoisotopic (exact) mass is 610 g/mol. The van der Waals surface area contributed by atoms with Crippen LogP contribution in [0.4, 0.5) is 26.1 Å². The molecule has 43 heavy (non-hydrogen) atoms. The first-order chi connectivity index (χ1) is 20.7. The number of carbonyl (C=O) groups excluding carboxylic acids is 2. The number of rotatable bonds is 3. The number of nitrogens with zero attached hydrogens (tertiary/aromatic N) is 7. The van der Waals surface area contributed by atoms with Crippen molar-refractivity contribution >= 4 is 40.2 Å². The third-order valence-electron chi connectivity index (χ3n) is 9.77. The number of carbonyl (C=O) groups is 2. The summed E-state index contributed by atoms with van der Waals surface area (Å²) in [6, 6.07) is 2.61. The summed E-state index contributed by atoms with van der Waals surface area (Å²) < 4.78 is 18.0. The molecular weight excluding hydrogens is 575 g/mol. The molecule has 7 heterocycles. The summed E-state index contributed by atoms with van der Waals surface area (Å²) in [6.07, 6.45) is 5.96. The summed E-state index contributed by atoms with van der Waals surface area (Å²) in [5.41, 5.74) is 6.70. The first kappa shape index (κ1) is 28.0. The van der Waals surface area contributed by atoms with Gasteiger partial charge in [-0.2, -0.15) is 20.2 Å². The zero-order valence-corrected chi connectivity index (χ0v) is 24.9. The highest BCUT2D eigenvalue weighted by molar-refractivity contribution is 7.16. The number of fused-ring (bicyclic) bond motifs is 3. The highest BCUT2D eigenvalue weighted by atomic mass is 32.1. The van der Waals surface area contributed by atoms with E-state index >= 15 is 0 Å². The van der Waals surface area contributed by atoms with Gasteiger partial charge in [0.2, 0.25) is 11.9 Å². The number of urea groups is 1. The number of ether oxygens (including phenoxy) is 1. The summed E-state index contributed by atoms with van der Waals surface area (Å²) in [6.45, 7) is 4.13. The molecular formula is C28H35FN10O3S. The smallest absolute Gasteiger partial charge is 0.322 e. The van der Waals surface area contributed by atoms with Gasteiger partial charge in [0, 0.05) is 42.5 Å². The van der Waals surface area contributed by atoms with Crippen molar-refractivity contribution < 1.29 is 18.7 Å². The highest BCUT2D eigenvalue weighted by Gasteiger charge is 2.53. The molecule has 2 aromatic rings. The summed E-state index contributed by atoms with van der Waals surface area (Å²) >= 11 is 1.52. The number of aromatic nitrogens is 3. The Morgan fingerprint density at radius 2 is 1.91 bits per heavy atom. The van der Waals surface area contributed by atoms with E-state index in [1.807, 2.05) is 4.90 Å². The Bertz CT molecular complexity index is 1490. The average molecular weight is 611 g/mol. The van der Waals surface area contributed by atoms with Crippen molar-refractivity contribution in [2.75, 3.05) is 61.9 Å². The second kappa shape index (κ2) is 10.4. The minimum Gasteiger partial charge on any atom is -0.467 e. The lowest BCUT2D eigenvalue weighted by Crippen LogP contribution is -2.60. The van der Waals surface area contributed by atoms with Gasteiger partial charge >= 0.3 is 12.0 Å².